The first-order valence-electron chi connectivity index (χ1n) is 9.12. The Morgan fingerprint density at radius 2 is 0.737 bits per heavy atom. The Hall–Kier alpha value is 0.543. The van der Waals surface area contributed by atoms with Crippen molar-refractivity contribution in [3.8, 4) is 0 Å². The van der Waals surface area contributed by atoms with Crippen molar-refractivity contribution in [3.63, 3.8) is 0 Å². The van der Waals surface area contributed by atoms with Crippen molar-refractivity contribution in [2.45, 2.75) is 114 Å². The molecule has 0 saturated heterocycles. The fourth-order valence-corrected chi connectivity index (χ4v) is 5.16. The fraction of sp³-hybridized carbons (Fsp3) is 1.00. The van der Waals surface area contributed by atoms with Crippen molar-refractivity contribution in [2.24, 2.45) is 0 Å². The Kier molecular flexibility index (Phi) is 19.1. The van der Waals surface area contributed by atoms with Gasteiger partial charge in [-0.3, -0.25) is 0 Å². The Bertz CT molecular complexity index is 129. The van der Waals surface area contributed by atoms with Gasteiger partial charge in [-0.25, -0.2) is 0 Å². The third kappa shape index (κ3) is 18.5. The molecule has 0 aromatic rings. The standard InChI is InChI=1S/C18H38Ge/c1-3-5-7-9-11-13-15-17-19-18-16-14-12-10-8-6-4-2/h3-18H2,1-2H3. The molecule has 0 aromatic carbocycles. The molecule has 19 heavy (non-hydrogen) atoms. The van der Waals surface area contributed by atoms with Crippen LogP contribution >= 0.6 is 0 Å². The van der Waals surface area contributed by atoms with E-state index in [-0.39, 0.29) is 0 Å². The SMILES string of the molecule is CCCCCCCC[CH2][Ge][CH2]CCCCCCCC. The summed E-state index contributed by atoms with van der Waals surface area (Å²) in [5.41, 5.74) is 0. The minimum absolute atomic E-state index is 0.440. The van der Waals surface area contributed by atoms with E-state index >= 15 is 0 Å². The second-order valence-electron chi connectivity index (χ2n) is 5.99. The Morgan fingerprint density at radius 3 is 1.11 bits per heavy atom. The summed E-state index contributed by atoms with van der Waals surface area (Å²) in [6, 6.07) is 0. The molecular weight excluding hydrogens is 289 g/mol. The van der Waals surface area contributed by atoms with Crippen molar-refractivity contribution in [1.82, 2.24) is 0 Å². The molecule has 0 aliphatic heterocycles. The van der Waals surface area contributed by atoms with Crippen LogP contribution in [0.15, 0.2) is 0 Å². The van der Waals surface area contributed by atoms with Gasteiger partial charge in [-0.05, 0) is 0 Å². The topological polar surface area (TPSA) is 0 Å². The molecule has 0 nitrogen and oxygen atoms in total. The predicted octanol–water partition coefficient (Wildman–Crippen LogP) is 7.03. The molecule has 0 aromatic heterocycles. The zero-order valence-electron chi connectivity index (χ0n) is 13.8. The molecule has 0 spiro atoms. The molecule has 0 saturated carbocycles. The number of rotatable bonds is 16. The monoisotopic (exact) mass is 328 g/mol. The third-order valence-corrected chi connectivity index (χ3v) is 6.88. The summed E-state index contributed by atoms with van der Waals surface area (Å²) in [5.74, 6) is 0. The zero-order chi connectivity index (χ0) is 14.0. The molecule has 2 radical (unpaired) electrons. The van der Waals surface area contributed by atoms with E-state index in [1.54, 1.807) is 23.3 Å². The Morgan fingerprint density at radius 1 is 0.421 bits per heavy atom. The van der Waals surface area contributed by atoms with Crippen LogP contribution in [0, 0.1) is 0 Å². The van der Waals surface area contributed by atoms with E-state index in [0.717, 1.165) is 0 Å². The number of hydrogen-bond acceptors (Lipinski definition) is 0. The van der Waals surface area contributed by atoms with E-state index in [4.69, 9.17) is 0 Å². The summed E-state index contributed by atoms with van der Waals surface area (Å²) in [6.07, 6.45) is 20.7. The molecule has 0 N–H and O–H groups in total. The molecule has 0 amide bonds. The van der Waals surface area contributed by atoms with Crippen LogP contribution in [0.25, 0.3) is 0 Å². The zero-order valence-corrected chi connectivity index (χ0v) is 15.9. The van der Waals surface area contributed by atoms with Crippen LogP contribution in [0.5, 0.6) is 0 Å². The maximum atomic E-state index is 2.30. The average Bonchev–Trinajstić information content (AvgIpc) is 2.43. The van der Waals surface area contributed by atoms with Gasteiger partial charge in [-0.1, -0.05) is 0 Å². The van der Waals surface area contributed by atoms with Crippen LogP contribution in [-0.4, -0.2) is 15.4 Å². The van der Waals surface area contributed by atoms with E-state index in [1.807, 2.05) is 0 Å². The molecule has 0 heterocycles. The Balaban J connectivity index is 2.88. The summed E-state index contributed by atoms with van der Waals surface area (Å²) in [6.45, 7) is 4.60. The van der Waals surface area contributed by atoms with E-state index in [1.165, 1.54) is 77.0 Å². The molecule has 0 rings (SSSR count). The second kappa shape index (κ2) is 18.5. The normalized spacial score (nSPS) is 11.1. The third-order valence-electron chi connectivity index (χ3n) is 3.91. The van der Waals surface area contributed by atoms with Crippen LogP contribution in [0.4, 0.5) is 0 Å². The first-order chi connectivity index (χ1) is 9.41. The van der Waals surface area contributed by atoms with E-state index in [0.29, 0.717) is 15.4 Å². The molecule has 1 heteroatoms. The van der Waals surface area contributed by atoms with Gasteiger partial charge in [0.1, 0.15) is 0 Å². The van der Waals surface area contributed by atoms with Gasteiger partial charge in [0, 0.05) is 0 Å². The van der Waals surface area contributed by atoms with Crippen molar-refractivity contribution >= 4 is 15.4 Å². The molecule has 0 aliphatic carbocycles. The van der Waals surface area contributed by atoms with Crippen LogP contribution in [0.2, 0.25) is 10.5 Å². The predicted molar refractivity (Wildman–Crippen MR) is 91.4 cm³/mol. The van der Waals surface area contributed by atoms with Crippen molar-refractivity contribution in [2.75, 3.05) is 0 Å². The number of hydrogen-bond donors (Lipinski definition) is 0. The first kappa shape index (κ1) is 19.5. The maximum absolute atomic E-state index is 2.30. The quantitative estimate of drug-likeness (QED) is 0.211. The van der Waals surface area contributed by atoms with E-state index < -0.39 is 0 Å². The fourth-order valence-electron chi connectivity index (χ4n) is 2.54. The second-order valence-corrected chi connectivity index (χ2v) is 9.14. The van der Waals surface area contributed by atoms with Gasteiger partial charge in [0.25, 0.3) is 0 Å². The van der Waals surface area contributed by atoms with Gasteiger partial charge >= 0.3 is 130 Å². The molecule has 0 unspecified atom stereocenters. The summed E-state index contributed by atoms with van der Waals surface area (Å²) in [5, 5.41) is 3.23. The van der Waals surface area contributed by atoms with Crippen LogP contribution in [0.1, 0.15) is 104 Å². The van der Waals surface area contributed by atoms with Gasteiger partial charge in [-0.15, -0.1) is 0 Å². The van der Waals surface area contributed by atoms with Crippen LogP contribution in [0.3, 0.4) is 0 Å². The van der Waals surface area contributed by atoms with Gasteiger partial charge in [0.15, 0.2) is 0 Å². The first-order valence-corrected chi connectivity index (χ1v) is 12.1. The summed E-state index contributed by atoms with van der Waals surface area (Å²) in [7, 11) is 0. The molecule has 114 valence electrons. The minimum atomic E-state index is 0.440. The molecule has 0 aliphatic rings. The van der Waals surface area contributed by atoms with Crippen molar-refractivity contribution in [3.05, 3.63) is 0 Å². The van der Waals surface area contributed by atoms with Gasteiger partial charge in [0.05, 0.1) is 0 Å². The molecular formula is C18H38Ge. The van der Waals surface area contributed by atoms with Gasteiger partial charge in [-0.2, -0.15) is 0 Å². The molecule has 0 fully saturated rings. The van der Waals surface area contributed by atoms with Crippen molar-refractivity contribution < 1.29 is 0 Å². The van der Waals surface area contributed by atoms with Crippen LogP contribution in [-0.2, 0) is 0 Å². The van der Waals surface area contributed by atoms with Crippen molar-refractivity contribution in [1.29, 1.82) is 0 Å². The molecule has 0 atom stereocenters. The summed E-state index contributed by atoms with van der Waals surface area (Å²) < 4.78 is 0. The van der Waals surface area contributed by atoms with E-state index in [9.17, 15) is 0 Å². The summed E-state index contributed by atoms with van der Waals surface area (Å²) in [4.78, 5) is 0. The average molecular weight is 327 g/mol. The summed E-state index contributed by atoms with van der Waals surface area (Å²) >= 11 is 0.440. The van der Waals surface area contributed by atoms with Gasteiger partial charge < -0.3 is 0 Å². The van der Waals surface area contributed by atoms with Crippen LogP contribution < -0.4 is 0 Å². The number of unbranched alkanes of at least 4 members (excludes halogenated alkanes) is 12. The van der Waals surface area contributed by atoms with Gasteiger partial charge in [0.2, 0.25) is 0 Å². The van der Waals surface area contributed by atoms with E-state index in [2.05, 4.69) is 13.8 Å². The molecule has 0 bridgehead atoms. The Labute approximate surface area is 130 Å².